The molecule has 11 nitrogen and oxygen atoms in total. The summed E-state index contributed by atoms with van der Waals surface area (Å²) in [6.07, 6.45) is 12.8. The number of fused-ring (bicyclic) bond motifs is 1. The lowest BCUT2D eigenvalue weighted by Crippen LogP contribution is -2.52. The number of likely N-dealkylation sites (tertiary alicyclic amines) is 1. The summed E-state index contributed by atoms with van der Waals surface area (Å²) in [5.41, 5.74) is 2.53. The minimum Gasteiger partial charge on any atom is -0.492 e. The second-order valence-corrected chi connectivity index (χ2v) is 10.0. The van der Waals surface area contributed by atoms with E-state index in [9.17, 15) is 14.4 Å². The molecule has 3 aliphatic rings. The van der Waals surface area contributed by atoms with Gasteiger partial charge in [0.15, 0.2) is 5.82 Å². The number of ether oxygens (including phenoxy) is 1. The zero-order chi connectivity index (χ0) is 26.1. The average Bonchev–Trinajstić information content (AvgIpc) is 3.53. The van der Waals surface area contributed by atoms with E-state index in [-0.39, 0.29) is 24.3 Å². The lowest BCUT2D eigenvalue weighted by molar-refractivity contribution is -0.136. The first-order chi connectivity index (χ1) is 18.5. The van der Waals surface area contributed by atoms with Crippen molar-refractivity contribution in [1.82, 2.24) is 34.9 Å². The molecule has 5 heterocycles. The molecule has 1 N–H and O–H groups in total. The molecule has 2 fully saturated rings. The summed E-state index contributed by atoms with van der Waals surface area (Å²) in [7, 11) is 0. The molecule has 0 saturated carbocycles. The van der Waals surface area contributed by atoms with Gasteiger partial charge in [0.2, 0.25) is 11.8 Å². The number of amides is 3. The van der Waals surface area contributed by atoms with Crippen LogP contribution in [0.25, 0.3) is 5.82 Å². The summed E-state index contributed by atoms with van der Waals surface area (Å²) in [5.74, 6) is 0.522. The maximum Gasteiger partial charge on any atom is 0.255 e. The molecule has 3 amide bonds. The molecule has 0 radical (unpaired) electrons. The van der Waals surface area contributed by atoms with Crippen LogP contribution in [-0.4, -0.2) is 72.5 Å². The Morgan fingerprint density at radius 1 is 1.08 bits per heavy atom. The van der Waals surface area contributed by atoms with Crippen LogP contribution < -0.4 is 10.1 Å². The molecular weight excluding hydrogens is 486 g/mol. The Hall–Kier alpha value is -4.12. The van der Waals surface area contributed by atoms with Crippen LogP contribution in [0.5, 0.6) is 5.75 Å². The molecule has 0 bridgehead atoms. The van der Waals surface area contributed by atoms with Gasteiger partial charge in [0.1, 0.15) is 18.4 Å². The highest BCUT2D eigenvalue weighted by Gasteiger charge is 2.39. The van der Waals surface area contributed by atoms with Crippen LogP contribution in [0.3, 0.4) is 0 Å². The molecule has 2 aromatic heterocycles. The van der Waals surface area contributed by atoms with Gasteiger partial charge in [-0.3, -0.25) is 29.6 Å². The normalized spacial score (nSPS) is 21.9. The molecule has 6 rings (SSSR count). The fraction of sp³-hybridized carbons (Fsp3) is 0.407. The highest BCUT2D eigenvalue weighted by Crippen LogP contribution is 2.30. The number of hydrogen-bond acceptors (Lipinski definition) is 8. The lowest BCUT2D eigenvalue weighted by atomic mass is 10.0. The van der Waals surface area contributed by atoms with E-state index >= 15 is 0 Å². The number of carbonyl (C=O) groups is 3. The summed E-state index contributed by atoms with van der Waals surface area (Å²) >= 11 is 0. The van der Waals surface area contributed by atoms with Crippen molar-refractivity contribution in [2.75, 3.05) is 13.2 Å². The summed E-state index contributed by atoms with van der Waals surface area (Å²) in [6, 6.07) is 5.14. The number of piperidine rings is 2. The second kappa shape index (κ2) is 10.3. The monoisotopic (exact) mass is 515 g/mol. The number of nitrogens with one attached hydrogen (secondary N) is 1. The van der Waals surface area contributed by atoms with Gasteiger partial charge in [-0.15, -0.1) is 0 Å². The highest BCUT2D eigenvalue weighted by atomic mass is 16.5. The van der Waals surface area contributed by atoms with Gasteiger partial charge in [-0.05, 0) is 49.6 Å². The molecule has 0 spiro atoms. The molecule has 1 aromatic carbocycles. The fourth-order valence-corrected chi connectivity index (χ4v) is 5.50. The number of rotatable bonds is 7. The Kier molecular flexibility index (Phi) is 6.59. The van der Waals surface area contributed by atoms with E-state index in [0.29, 0.717) is 36.7 Å². The average molecular weight is 516 g/mol. The third-order valence-corrected chi connectivity index (χ3v) is 7.49. The van der Waals surface area contributed by atoms with Crippen LogP contribution in [0.4, 0.5) is 0 Å². The first kappa shape index (κ1) is 24.2. The molecular formula is C27H29N7O4. The van der Waals surface area contributed by atoms with Gasteiger partial charge in [0.05, 0.1) is 12.4 Å². The van der Waals surface area contributed by atoms with Crippen LogP contribution >= 0.6 is 0 Å². The number of carbonyl (C=O) groups excluding carboxylic acids is 3. The standard InChI is InChI=1S/C27H29N7O4/c35-25-7-6-23(26(36)31-25)33-16-19-11-21(4-5-22(19)27(33)37)38-17-20-3-1-2-10-32(20)14-18-12-30-34(15-18)24-13-28-8-9-29-24/h4-5,8-9,11-13,15,20,23H,1-3,6-7,10,14,16-17H2,(H,31,35,36). The molecule has 196 valence electrons. The SMILES string of the molecule is O=C1CCC(N2Cc3cc(OCC4CCCCN4Cc4cnn(-c5cnccn5)c4)ccc3C2=O)C(=O)N1. The molecule has 3 aromatic rings. The Morgan fingerprint density at radius 3 is 2.84 bits per heavy atom. The van der Waals surface area contributed by atoms with Crippen molar-refractivity contribution >= 4 is 17.7 Å². The van der Waals surface area contributed by atoms with Gasteiger partial charge in [0, 0.05) is 55.3 Å². The smallest absolute Gasteiger partial charge is 0.255 e. The van der Waals surface area contributed by atoms with Gasteiger partial charge in [-0.2, -0.15) is 5.10 Å². The van der Waals surface area contributed by atoms with E-state index in [0.717, 1.165) is 43.5 Å². The van der Waals surface area contributed by atoms with Crippen LogP contribution in [-0.2, 0) is 22.7 Å². The van der Waals surface area contributed by atoms with Gasteiger partial charge in [0.25, 0.3) is 5.91 Å². The maximum atomic E-state index is 12.9. The Morgan fingerprint density at radius 2 is 2.00 bits per heavy atom. The van der Waals surface area contributed by atoms with E-state index in [4.69, 9.17) is 4.74 Å². The van der Waals surface area contributed by atoms with Crippen LogP contribution in [0.1, 0.15) is 53.6 Å². The molecule has 38 heavy (non-hydrogen) atoms. The van der Waals surface area contributed by atoms with E-state index in [1.165, 1.54) is 0 Å². The van der Waals surface area contributed by atoms with Crippen molar-refractivity contribution in [3.05, 3.63) is 65.9 Å². The van der Waals surface area contributed by atoms with E-state index in [1.54, 1.807) is 34.2 Å². The Balaban J connectivity index is 1.09. The van der Waals surface area contributed by atoms with Crippen molar-refractivity contribution in [3.63, 3.8) is 0 Å². The third kappa shape index (κ3) is 4.89. The summed E-state index contributed by atoms with van der Waals surface area (Å²) in [5, 5.41) is 6.78. The molecule has 3 aliphatic heterocycles. The number of hydrogen-bond donors (Lipinski definition) is 1. The molecule has 2 unspecified atom stereocenters. The topological polar surface area (TPSA) is 123 Å². The predicted molar refractivity (Wildman–Crippen MR) is 135 cm³/mol. The fourth-order valence-electron chi connectivity index (χ4n) is 5.50. The van der Waals surface area contributed by atoms with Gasteiger partial charge < -0.3 is 9.64 Å². The second-order valence-electron chi connectivity index (χ2n) is 10.0. The van der Waals surface area contributed by atoms with Crippen LogP contribution in [0, 0.1) is 0 Å². The van der Waals surface area contributed by atoms with Crippen LogP contribution in [0.2, 0.25) is 0 Å². The molecule has 2 saturated heterocycles. The van der Waals surface area contributed by atoms with Crippen LogP contribution in [0.15, 0.2) is 49.2 Å². The third-order valence-electron chi connectivity index (χ3n) is 7.49. The largest absolute Gasteiger partial charge is 0.492 e. The predicted octanol–water partition coefficient (Wildman–Crippen LogP) is 1.86. The van der Waals surface area contributed by atoms with Gasteiger partial charge in [-0.25, -0.2) is 9.67 Å². The number of aromatic nitrogens is 4. The molecule has 0 aliphatic carbocycles. The minimum atomic E-state index is -0.619. The Labute approximate surface area is 219 Å². The Bertz CT molecular complexity index is 1360. The zero-order valence-corrected chi connectivity index (χ0v) is 21.0. The molecule has 11 heteroatoms. The van der Waals surface area contributed by atoms with Crippen molar-refractivity contribution in [2.45, 2.75) is 57.3 Å². The number of benzene rings is 1. The maximum absolute atomic E-state index is 12.9. The number of nitrogens with zero attached hydrogens (tertiary/aromatic N) is 6. The summed E-state index contributed by atoms with van der Waals surface area (Å²) in [6.45, 7) is 2.64. The van der Waals surface area contributed by atoms with E-state index in [1.807, 2.05) is 24.5 Å². The first-order valence-corrected chi connectivity index (χ1v) is 13.0. The van der Waals surface area contributed by atoms with Crippen molar-refractivity contribution < 1.29 is 19.1 Å². The van der Waals surface area contributed by atoms with Crippen molar-refractivity contribution in [3.8, 4) is 11.6 Å². The van der Waals surface area contributed by atoms with Gasteiger partial charge in [-0.1, -0.05) is 6.42 Å². The quantitative estimate of drug-likeness (QED) is 0.473. The highest BCUT2D eigenvalue weighted by molar-refractivity contribution is 6.05. The lowest BCUT2D eigenvalue weighted by Gasteiger charge is -2.35. The summed E-state index contributed by atoms with van der Waals surface area (Å²) in [4.78, 5) is 49.2. The summed E-state index contributed by atoms with van der Waals surface area (Å²) < 4.78 is 7.97. The van der Waals surface area contributed by atoms with Gasteiger partial charge >= 0.3 is 0 Å². The first-order valence-electron chi connectivity index (χ1n) is 13.0. The zero-order valence-electron chi connectivity index (χ0n) is 21.0. The van der Waals surface area contributed by atoms with Crippen molar-refractivity contribution in [1.29, 1.82) is 0 Å². The minimum absolute atomic E-state index is 0.179. The van der Waals surface area contributed by atoms with Crippen molar-refractivity contribution in [2.24, 2.45) is 0 Å². The van der Waals surface area contributed by atoms with E-state index < -0.39 is 11.9 Å². The van der Waals surface area contributed by atoms with E-state index in [2.05, 4.69) is 25.3 Å². The number of imide groups is 1. The molecule has 2 atom stereocenters.